The molecule has 1 amide bonds. The Morgan fingerprint density at radius 3 is 2.71 bits per heavy atom. The van der Waals surface area contributed by atoms with Gasteiger partial charge in [-0.15, -0.1) is 0 Å². The summed E-state index contributed by atoms with van der Waals surface area (Å²) >= 11 is 3.45. The normalized spacial score (nSPS) is 13.5. The lowest BCUT2D eigenvalue weighted by Gasteiger charge is -2.17. The van der Waals surface area contributed by atoms with Gasteiger partial charge < -0.3 is 5.32 Å². The molecule has 0 saturated heterocycles. The molecule has 0 aliphatic carbocycles. The van der Waals surface area contributed by atoms with Crippen molar-refractivity contribution in [3.63, 3.8) is 0 Å². The Hall–Kier alpha value is -0.830. The summed E-state index contributed by atoms with van der Waals surface area (Å²) in [5.41, 5.74) is 2.15. The predicted molar refractivity (Wildman–Crippen MR) is 62.4 cm³/mol. The van der Waals surface area contributed by atoms with Gasteiger partial charge in [0.2, 0.25) is 5.91 Å². The zero-order valence-corrected chi connectivity index (χ0v) is 10.0. The molecule has 0 radical (unpaired) electrons. The number of rotatable bonds is 0. The van der Waals surface area contributed by atoms with Gasteiger partial charge >= 0.3 is 0 Å². The Morgan fingerprint density at radius 2 is 2.00 bits per heavy atom. The maximum Gasteiger partial charge on any atom is 0.224 e. The first-order valence-corrected chi connectivity index (χ1v) is 5.64. The molecule has 3 heteroatoms. The summed E-state index contributed by atoms with van der Waals surface area (Å²) in [5.74, 6) is 0.112. The number of amides is 1. The number of benzene rings is 1. The quantitative estimate of drug-likeness (QED) is 0.757. The van der Waals surface area contributed by atoms with E-state index in [0.29, 0.717) is 6.42 Å². The predicted octanol–water partition coefficient (Wildman–Crippen LogP) is 3.36. The molecule has 1 aliphatic heterocycles. The van der Waals surface area contributed by atoms with E-state index in [1.807, 2.05) is 32.0 Å². The molecule has 2 rings (SSSR count). The van der Waals surface area contributed by atoms with E-state index >= 15 is 0 Å². The van der Waals surface area contributed by atoms with Crippen LogP contribution >= 0.6 is 15.9 Å². The Morgan fingerprint density at radius 1 is 1.29 bits per heavy atom. The third-order valence-electron chi connectivity index (χ3n) is 2.00. The highest BCUT2D eigenvalue weighted by molar-refractivity contribution is 9.10. The molecule has 1 aliphatic rings. The summed E-state index contributed by atoms with van der Waals surface area (Å²) in [5, 5.41) is 2.83. The first-order valence-electron chi connectivity index (χ1n) is 4.84. The molecule has 14 heavy (non-hydrogen) atoms. The van der Waals surface area contributed by atoms with Crippen LogP contribution in [0.15, 0.2) is 22.7 Å². The van der Waals surface area contributed by atoms with Crippen LogP contribution in [0.3, 0.4) is 0 Å². The van der Waals surface area contributed by atoms with E-state index < -0.39 is 0 Å². The maximum absolute atomic E-state index is 11.0. The number of anilines is 1. The summed E-state index contributed by atoms with van der Waals surface area (Å²) in [7, 11) is 0. The van der Waals surface area contributed by atoms with Gasteiger partial charge in [0.25, 0.3) is 0 Å². The Labute approximate surface area is 92.8 Å². The molecule has 1 N–H and O–H groups in total. The van der Waals surface area contributed by atoms with Crippen LogP contribution in [0.25, 0.3) is 0 Å². The van der Waals surface area contributed by atoms with E-state index in [0.717, 1.165) is 16.6 Å². The molecule has 1 aromatic carbocycles. The van der Waals surface area contributed by atoms with Crippen molar-refractivity contribution < 1.29 is 4.79 Å². The molecule has 0 fully saturated rings. The number of nitrogens with one attached hydrogen (secondary N) is 1. The highest BCUT2D eigenvalue weighted by Gasteiger charge is 2.15. The molecule has 1 heterocycles. The van der Waals surface area contributed by atoms with E-state index in [9.17, 15) is 4.79 Å². The lowest BCUT2D eigenvalue weighted by Crippen LogP contribution is -2.18. The molecule has 0 spiro atoms. The third-order valence-corrected chi connectivity index (χ3v) is 2.74. The van der Waals surface area contributed by atoms with Gasteiger partial charge in [-0.1, -0.05) is 35.8 Å². The van der Waals surface area contributed by atoms with Gasteiger partial charge in [-0.3, -0.25) is 4.79 Å². The largest absolute Gasteiger partial charge is 0.326 e. The SMILES string of the molecule is CC.O=C1CCc2c(Br)cccc2N1. The number of halogens is 1. The standard InChI is InChI=1S/C9H8BrNO.C2H6/c10-7-2-1-3-8-6(7)4-5-9(12)11-8;1-2/h1-3H,4-5H2,(H,11,12);1-2H3. The minimum absolute atomic E-state index is 0.112. The second-order valence-corrected chi connectivity index (χ2v) is 3.67. The van der Waals surface area contributed by atoms with Crippen LogP contribution in [0.1, 0.15) is 25.8 Å². The zero-order chi connectivity index (χ0) is 10.6. The molecule has 0 saturated carbocycles. The molecular weight excluding hydrogens is 242 g/mol. The highest BCUT2D eigenvalue weighted by Crippen LogP contribution is 2.28. The molecule has 2 nitrogen and oxygen atoms in total. The minimum Gasteiger partial charge on any atom is -0.326 e. The minimum atomic E-state index is 0.112. The summed E-state index contributed by atoms with van der Waals surface area (Å²) < 4.78 is 1.08. The van der Waals surface area contributed by atoms with Crippen LogP contribution in [0.5, 0.6) is 0 Å². The molecule has 0 bridgehead atoms. The van der Waals surface area contributed by atoms with Gasteiger partial charge in [0.1, 0.15) is 0 Å². The average Bonchev–Trinajstić information content (AvgIpc) is 2.21. The van der Waals surface area contributed by atoms with Crippen LogP contribution in [-0.4, -0.2) is 5.91 Å². The Kier molecular flexibility index (Phi) is 4.14. The lowest BCUT2D eigenvalue weighted by atomic mass is 10.0. The molecule has 0 aromatic heterocycles. The van der Waals surface area contributed by atoms with Crippen molar-refractivity contribution in [2.24, 2.45) is 0 Å². The smallest absolute Gasteiger partial charge is 0.224 e. The second-order valence-electron chi connectivity index (χ2n) is 2.81. The van der Waals surface area contributed by atoms with E-state index in [-0.39, 0.29) is 5.91 Å². The number of fused-ring (bicyclic) bond motifs is 1. The van der Waals surface area contributed by atoms with Crippen LogP contribution in [0, 0.1) is 0 Å². The summed E-state index contributed by atoms with van der Waals surface area (Å²) in [6, 6.07) is 5.85. The van der Waals surface area contributed by atoms with Crippen LogP contribution in [0.2, 0.25) is 0 Å². The van der Waals surface area contributed by atoms with Gasteiger partial charge in [0.05, 0.1) is 0 Å². The fraction of sp³-hybridized carbons (Fsp3) is 0.364. The number of hydrogen-bond acceptors (Lipinski definition) is 1. The van der Waals surface area contributed by atoms with Crippen molar-refractivity contribution in [1.82, 2.24) is 0 Å². The second kappa shape index (κ2) is 5.15. The first-order chi connectivity index (χ1) is 6.77. The van der Waals surface area contributed by atoms with Crippen LogP contribution < -0.4 is 5.32 Å². The molecular formula is C11H14BrNO. The van der Waals surface area contributed by atoms with Gasteiger partial charge in [-0.2, -0.15) is 0 Å². The van der Waals surface area contributed by atoms with E-state index in [2.05, 4.69) is 21.2 Å². The van der Waals surface area contributed by atoms with Crippen LogP contribution in [0.4, 0.5) is 5.69 Å². The van der Waals surface area contributed by atoms with Gasteiger partial charge in [0, 0.05) is 16.6 Å². The molecule has 76 valence electrons. The van der Waals surface area contributed by atoms with E-state index in [1.165, 1.54) is 5.56 Å². The Balaban J connectivity index is 0.000000461. The topological polar surface area (TPSA) is 29.1 Å². The first kappa shape index (κ1) is 11.2. The molecule has 1 aromatic rings. The van der Waals surface area contributed by atoms with Crippen molar-refractivity contribution in [3.05, 3.63) is 28.2 Å². The highest BCUT2D eigenvalue weighted by atomic mass is 79.9. The van der Waals surface area contributed by atoms with Crippen LogP contribution in [-0.2, 0) is 11.2 Å². The average molecular weight is 256 g/mol. The fourth-order valence-corrected chi connectivity index (χ4v) is 1.95. The van der Waals surface area contributed by atoms with E-state index in [4.69, 9.17) is 0 Å². The van der Waals surface area contributed by atoms with Gasteiger partial charge in [-0.05, 0) is 24.1 Å². The zero-order valence-electron chi connectivity index (χ0n) is 8.43. The van der Waals surface area contributed by atoms with Gasteiger partial charge in [0.15, 0.2) is 0 Å². The Bertz CT molecular complexity index is 336. The summed E-state index contributed by atoms with van der Waals surface area (Å²) in [4.78, 5) is 11.0. The summed E-state index contributed by atoms with van der Waals surface area (Å²) in [6.07, 6.45) is 1.43. The van der Waals surface area contributed by atoms with Crippen molar-refractivity contribution >= 4 is 27.5 Å². The maximum atomic E-state index is 11.0. The van der Waals surface area contributed by atoms with E-state index in [1.54, 1.807) is 0 Å². The third kappa shape index (κ3) is 2.35. The lowest BCUT2D eigenvalue weighted by molar-refractivity contribution is -0.116. The molecule has 0 unspecified atom stereocenters. The van der Waals surface area contributed by atoms with Gasteiger partial charge in [-0.25, -0.2) is 0 Å². The van der Waals surface area contributed by atoms with Crippen molar-refractivity contribution in [2.75, 3.05) is 5.32 Å². The summed E-state index contributed by atoms with van der Waals surface area (Å²) in [6.45, 7) is 4.00. The fourth-order valence-electron chi connectivity index (χ4n) is 1.38. The van der Waals surface area contributed by atoms with Crippen molar-refractivity contribution in [2.45, 2.75) is 26.7 Å². The number of hydrogen-bond donors (Lipinski definition) is 1. The van der Waals surface area contributed by atoms with Crippen molar-refractivity contribution in [3.8, 4) is 0 Å². The molecule has 0 atom stereocenters. The number of carbonyl (C=O) groups is 1. The monoisotopic (exact) mass is 255 g/mol. The number of carbonyl (C=O) groups excluding carboxylic acids is 1. The van der Waals surface area contributed by atoms with Crippen molar-refractivity contribution in [1.29, 1.82) is 0 Å².